The van der Waals surface area contributed by atoms with E-state index in [-0.39, 0.29) is 36.1 Å². The van der Waals surface area contributed by atoms with Crippen molar-refractivity contribution in [2.24, 2.45) is 17.8 Å². The lowest BCUT2D eigenvalue weighted by Crippen LogP contribution is -2.39. The zero-order valence-electron chi connectivity index (χ0n) is 15.2. The first kappa shape index (κ1) is 17.4. The monoisotopic (exact) mass is 354 g/mol. The van der Waals surface area contributed by atoms with Crippen LogP contribution in [0.4, 0.5) is 0 Å². The number of ether oxygens (including phenoxy) is 1. The Balaban J connectivity index is 1.34. The molecule has 4 rings (SSSR count). The molecule has 2 atom stereocenters. The molecule has 0 amide bonds. The third-order valence-corrected chi connectivity index (χ3v) is 6.40. The molecule has 4 heteroatoms. The number of Topliss-reactive ketones (excluding diaryl/α,β-unsaturated/α-hetero) is 2. The quantitative estimate of drug-likeness (QED) is 0.611. The number of ketones is 2. The topological polar surface area (TPSA) is 60.4 Å². The van der Waals surface area contributed by atoms with Gasteiger partial charge in [0.1, 0.15) is 5.78 Å². The highest BCUT2D eigenvalue weighted by molar-refractivity contribution is 5.98. The molecular formula is C22H26O4. The Morgan fingerprint density at radius 2 is 1.65 bits per heavy atom. The summed E-state index contributed by atoms with van der Waals surface area (Å²) in [6, 6.07) is 5.86. The Bertz CT molecular complexity index is 720. The molecule has 4 nitrogen and oxygen atoms in total. The highest BCUT2D eigenvalue weighted by atomic mass is 16.5. The van der Waals surface area contributed by atoms with E-state index in [4.69, 9.17) is 4.74 Å². The maximum absolute atomic E-state index is 12.4. The molecule has 2 fully saturated rings. The Hall–Kier alpha value is -1.97. The summed E-state index contributed by atoms with van der Waals surface area (Å²) < 4.78 is 5.34. The van der Waals surface area contributed by atoms with Crippen molar-refractivity contribution in [3.05, 3.63) is 34.9 Å². The molecule has 0 aromatic heterocycles. The molecule has 0 heterocycles. The van der Waals surface area contributed by atoms with Gasteiger partial charge in [0.25, 0.3) is 0 Å². The molecule has 0 spiro atoms. The summed E-state index contributed by atoms with van der Waals surface area (Å²) in [4.78, 5) is 37.0. The predicted octanol–water partition coefficient (Wildman–Crippen LogP) is 3.69. The van der Waals surface area contributed by atoms with Crippen molar-refractivity contribution in [1.29, 1.82) is 0 Å². The van der Waals surface area contributed by atoms with Crippen molar-refractivity contribution in [3.63, 3.8) is 0 Å². The van der Waals surface area contributed by atoms with Gasteiger partial charge in [0.15, 0.2) is 12.4 Å². The average molecular weight is 354 g/mol. The molecule has 3 aliphatic carbocycles. The minimum absolute atomic E-state index is 0.0244. The van der Waals surface area contributed by atoms with E-state index in [2.05, 4.69) is 0 Å². The number of benzene rings is 1. The number of fused-ring (bicyclic) bond motifs is 3. The average Bonchev–Trinajstić information content (AvgIpc) is 2.65. The van der Waals surface area contributed by atoms with Crippen molar-refractivity contribution >= 4 is 17.5 Å². The number of rotatable bonds is 4. The molecule has 1 aromatic carbocycles. The third-order valence-electron chi connectivity index (χ3n) is 6.40. The maximum atomic E-state index is 12.4. The summed E-state index contributed by atoms with van der Waals surface area (Å²) in [5.41, 5.74) is 3.23. The predicted molar refractivity (Wildman–Crippen MR) is 96.9 cm³/mol. The van der Waals surface area contributed by atoms with Crippen LogP contribution < -0.4 is 0 Å². The van der Waals surface area contributed by atoms with Gasteiger partial charge >= 0.3 is 5.97 Å². The van der Waals surface area contributed by atoms with Crippen molar-refractivity contribution in [2.45, 2.75) is 57.8 Å². The van der Waals surface area contributed by atoms with Gasteiger partial charge < -0.3 is 4.74 Å². The van der Waals surface area contributed by atoms with E-state index in [1.165, 1.54) is 24.0 Å². The van der Waals surface area contributed by atoms with Crippen LogP contribution in [0.3, 0.4) is 0 Å². The van der Waals surface area contributed by atoms with Crippen LogP contribution in [0, 0.1) is 17.8 Å². The van der Waals surface area contributed by atoms with Gasteiger partial charge in [-0.1, -0.05) is 18.6 Å². The molecule has 2 saturated carbocycles. The second-order valence-corrected chi connectivity index (χ2v) is 8.12. The largest absolute Gasteiger partial charge is 0.457 e. The van der Waals surface area contributed by atoms with Crippen LogP contribution in [0.25, 0.3) is 0 Å². The number of esters is 1. The molecule has 0 radical (unpaired) electrons. The van der Waals surface area contributed by atoms with Gasteiger partial charge in [-0.25, -0.2) is 0 Å². The van der Waals surface area contributed by atoms with Crippen LogP contribution in [0.2, 0.25) is 0 Å². The minimum Gasteiger partial charge on any atom is -0.457 e. The molecule has 2 bridgehead atoms. The van der Waals surface area contributed by atoms with E-state index in [1.807, 2.05) is 18.2 Å². The van der Waals surface area contributed by atoms with Gasteiger partial charge in [-0.2, -0.15) is 0 Å². The molecule has 2 unspecified atom stereocenters. The Morgan fingerprint density at radius 1 is 0.962 bits per heavy atom. The van der Waals surface area contributed by atoms with Crippen LogP contribution in [-0.2, 0) is 27.2 Å². The number of carbonyl (C=O) groups is 3. The fourth-order valence-corrected chi connectivity index (χ4v) is 4.92. The first-order chi connectivity index (χ1) is 12.6. The van der Waals surface area contributed by atoms with Gasteiger partial charge in [-0.05, 0) is 68.6 Å². The lowest BCUT2D eigenvalue weighted by atomic mass is 9.67. The summed E-state index contributed by atoms with van der Waals surface area (Å²) in [6.45, 7) is -0.197. The summed E-state index contributed by atoms with van der Waals surface area (Å²) in [6.07, 6.45) is 8.56. The molecular weight excluding hydrogens is 328 g/mol. The van der Waals surface area contributed by atoms with E-state index >= 15 is 0 Å². The van der Waals surface area contributed by atoms with E-state index in [0.717, 1.165) is 32.1 Å². The van der Waals surface area contributed by atoms with Gasteiger partial charge in [-0.3, -0.25) is 14.4 Å². The highest BCUT2D eigenvalue weighted by Crippen LogP contribution is 2.40. The van der Waals surface area contributed by atoms with Crippen molar-refractivity contribution in [2.75, 3.05) is 6.61 Å². The third kappa shape index (κ3) is 3.46. The smallest absolute Gasteiger partial charge is 0.309 e. The Labute approximate surface area is 154 Å². The van der Waals surface area contributed by atoms with Crippen molar-refractivity contribution in [1.82, 2.24) is 0 Å². The number of hydrogen-bond acceptors (Lipinski definition) is 4. The zero-order chi connectivity index (χ0) is 18.1. The Kier molecular flexibility index (Phi) is 4.92. The summed E-state index contributed by atoms with van der Waals surface area (Å²) in [5.74, 6) is -0.280. The molecule has 138 valence electrons. The first-order valence-electron chi connectivity index (χ1n) is 9.97. The zero-order valence-corrected chi connectivity index (χ0v) is 15.2. The minimum atomic E-state index is -0.305. The van der Waals surface area contributed by atoms with E-state index in [9.17, 15) is 14.4 Å². The van der Waals surface area contributed by atoms with Gasteiger partial charge in [0.2, 0.25) is 0 Å². The summed E-state index contributed by atoms with van der Waals surface area (Å²) in [5, 5.41) is 0. The van der Waals surface area contributed by atoms with E-state index in [0.29, 0.717) is 24.2 Å². The second-order valence-electron chi connectivity index (χ2n) is 8.12. The molecule has 0 N–H and O–H groups in total. The molecule has 26 heavy (non-hydrogen) atoms. The number of hydrogen-bond donors (Lipinski definition) is 0. The van der Waals surface area contributed by atoms with Gasteiger partial charge in [-0.15, -0.1) is 0 Å². The van der Waals surface area contributed by atoms with Gasteiger partial charge in [0.05, 0.1) is 5.92 Å². The van der Waals surface area contributed by atoms with Crippen molar-refractivity contribution < 1.29 is 19.1 Å². The molecule has 0 saturated heterocycles. The number of aryl methyl sites for hydroxylation is 2. The molecule has 1 aromatic rings. The fourth-order valence-electron chi connectivity index (χ4n) is 4.92. The second kappa shape index (κ2) is 7.34. The lowest BCUT2D eigenvalue weighted by molar-refractivity contribution is -0.152. The molecule has 0 aliphatic heterocycles. The van der Waals surface area contributed by atoms with Crippen LogP contribution in [0.5, 0.6) is 0 Å². The normalized spacial score (nSPS) is 27.5. The first-order valence-corrected chi connectivity index (χ1v) is 9.97. The maximum Gasteiger partial charge on any atom is 0.309 e. The lowest BCUT2D eigenvalue weighted by Gasteiger charge is -2.36. The van der Waals surface area contributed by atoms with Crippen LogP contribution in [0.1, 0.15) is 66.4 Å². The van der Waals surface area contributed by atoms with Crippen molar-refractivity contribution in [3.8, 4) is 0 Å². The highest BCUT2D eigenvalue weighted by Gasteiger charge is 2.41. The fraction of sp³-hybridized carbons (Fsp3) is 0.591. The van der Waals surface area contributed by atoms with E-state index in [1.54, 1.807) is 0 Å². The SMILES string of the molecule is O=C(COC(=O)C1CC2CCCC(C1)C2=O)c1ccc2c(c1)CCCC2. The summed E-state index contributed by atoms with van der Waals surface area (Å²) >= 11 is 0. The van der Waals surface area contributed by atoms with E-state index < -0.39 is 0 Å². The van der Waals surface area contributed by atoms with Crippen LogP contribution in [0.15, 0.2) is 18.2 Å². The van der Waals surface area contributed by atoms with Crippen LogP contribution >= 0.6 is 0 Å². The summed E-state index contributed by atoms with van der Waals surface area (Å²) in [7, 11) is 0. The Morgan fingerprint density at radius 3 is 2.38 bits per heavy atom. The number of carbonyl (C=O) groups excluding carboxylic acids is 3. The van der Waals surface area contributed by atoms with Gasteiger partial charge in [0, 0.05) is 17.4 Å². The standard InChI is InChI=1S/C22H26O4/c23-20(16-9-8-14-4-1-2-5-15(14)10-16)13-26-22(25)19-11-17-6-3-7-18(12-19)21(17)24/h8-10,17-19H,1-7,11-13H2. The molecule has 3 aliphatic rings. The van der Waals surface area contributed by atoms with Crippen LogP contribution in [-0.4, -0.2) is 24.1 Å².